The van der Waals surface area contributed by atoms with Gasteiger partial charge in [0.05, 0.1) is 12.8 Å². The summed E-state index contributed by atoms with van der Waals surface area (Å²) in [6.45, 7) is 0. The first-order chi connectivity index (χ1) is 17.3. The fraction of sp³-hybridized carbons (Fsp3) is 0.0303. The van der Waals surface area contributed by atoms with E-state index in [1.807, 2.05) is 12.1 Å². The molecule has 0 unspecified atom stereocenters. The van der Waals surface area contributed by atoms with E-state index in [4.69, 9.17) is 4.74 Å². The molecule has 0 spiro atoms. The number of nitrogens with zero attached hydrogens (tertiary/aromatic N) is 1. The summed E-state index contributed by atoms with van der Waals surface area (Å²) in [7, 11) is 1.70. The van der Waals surface area contributed by atoms with Gasteiger partial charge in [-0.25, -0.2) is 0 Å². The number of anilines is 3. The zero-order valence-electron chi connectivity index (χ0n) is 19.6. The molecule has 0 saturated heterocycles. The van der Waals surface area contributed by atoms with Crippen LogP contribution in [0.3, 0.4) is 0 Å². The number of benzene rings is 6. The lowest BCUT2D eigenvalue weighted by atomic mass is 9.91. The van der Waals surface area contributed by atoms with Crippen LogP contribution in [-0.4, -0.2) is 7.11 Å². The first-order valence-electron chi connectivity index (χ1n) is 11.8. The van der Waals surface area contributed by atoms with Crippen LogP contribution in [0, 0.1) is 0 Å². The fourth-order valence-electron chi connectivity index (χ4n) is 4.91. The molecule has 0 fully saturated rings. The van der Waals surface area contributed by atoms with Gasteiger partial charge in [-0.05, 0) is 69.6 Å². The molecule has 0 heterocycles. The van der Waals surface area contributed by atoms with E-state index in [1.165, 1.54) is 32.7 Å². The minimum absolute atomic E-state index is 0.842. The largest absolute Gasteiger partial charge is 0.497 e. The fourth-order valence-corrected chi connectivity index (χ4v) is 4.91. The second-order valence-corrected chi connectivity index (χ2v) is 8.58. The van der Waals surface area contributed by atoms with E-state index in [0.29, 0.717) is 0 Å². The number of ether oxygens (including phenoxy) is 1. The lowest BCUT2D eigenvalue weighted by Crippen LogP contribution is -2.11. The van der Waals surface area contributed by atoms with Crippen LogP contribution in [-0.2, 0) is 0 Å². The molecule has 6 aromatic rings. The van der Waals surface area contributed by atoms with Crippen molar-refractivity contribution >= 4 is 38.6 Å². The smallest absolute Gasteiger partial charge is 0.119 e. The molecule has 2 nitrogen and oxygen atoms in total. The highest BCUT2D eigenvalue weighted by Crippen LogP contribution is 2.46. The summed E-state index contributed by atoms with van der Waals surface area (Å²) in [5.74, 6) is 0.842. The maximum atomic E-state index is 5.44. The maximum absolute atomic E-state index is 5.44. The van der Waals surface area contributed by atoms with E-state index in [1.54, 1.807) is 7.11 Å². The molecule has 0 amide bonds. The monoisotopic (exact) mass is 451 g/mol. The third-order valence-corrected chi connectivity index (χ3v) is 6.55. The zero-order valence-corrected chi connectivity index (χ0v) is 19.6. The van der Waals surface area contributed by atoms with Gasteiger partial charge in [0, 0.05) is 16.9 Å². The van der Waals surface area contributed by atoms with Gasteiger partial charge < -0.3 is 9.64 Å². The molecule has 35 heavy (non-hydrogen) atoms. The Bertz CT molecular complexity index is 1620. The summed E-state index contributed by atoms with van der Waals surface area (Å²) < 4.78 is 5.44. The van der Waals surface area contributed by atoms with Crippen LogP contribution >= 0.6 is 0 Å². The highest BCUT2D eigenvalue weighted by atomic mass is 16.5. The van der Waals surface area contributed by atoms with Crippen molar-refractivity contribution in [2.45, 2.75) is 0 Å². The van der Waals surface area contributed by atoms with Crippen LogP contribution in [0.1, 0.15) is 0 Å². The van der Waals surface area contributed by atoms with Crippen LogP contribution in [0.4, 0.5) is 17.1 Å². The summed E-state index contributed by atoms with van der Waals surface area (Å²) in [6, 6.07) is 47.1. The van der Waals surface area contributed by atoms with Crippen molar-refractivity contribution in [2.75, 3.05) is 12.0 Å². The molecule has 0 aliphatic rings. The van der Waals surface area contributed by atoms with Gasteiger partial charge in [0.25, 0.3) is 0 Å². The van der Waals surface area contributed by atoms with Crippen LogP contribution in [0.2, 0.25) is 0 Å². The Morgan fingerprint density at radius 1 is 0.486 bits per heavy atom. The Morgan fingerprint density at radius 2 is 1.09 bits per heavy atom. The maximum Gasteiger partial charge on any atom is 0.119 e. The standard InChI is InChI=1S/C33H25NO/c1-35-28-21-19-27(20-22-28)34(26-13-3-2-4-14-26)32-23-18-25-11-6-8-16-30(25)33(32)31-17-9-12-24-10-5-7-15-29(24)31/h2-23H,1H3. The predicted octanol–water partition coefficient (Wildman–Crippen LogP) is 9.14. The molecule has 0 atom stereocenters. The van der Waals surface area contributed by atoms with Gasteiger partial charge in [-0.3, -0.25) is 0 Å². The summed E-state index contributed by atoms with van der Waals surface area (Å²) in [6.07, 6.45) is 0. The average molecular weight is 452 g/mol. The van der Waals surface area contributed by atoms with E-state index in [9.17, 15) is 0 Å². The molecule has 0 aromatic heterocycles. The van der Waals surface area contributed by atoms with Crippen molar-refractivity contribution in [3.8, 4) is 16.9 Å². The van der Waals surface area contributed by atoms with Crippen molar-refractivity contribution < 1.29 is 4.74 Å². The summed E-state index contributed by atoms with van der Waals surface area (Å²) >= 11 is 0. The minimum atomic E-state index is 0.842. The van der Waals surface area contributed by atoms with E-state index in [0.717, 1.165) is 22.8 Å². The van der Waals surface area contributed by atoms with E-state index in [2.05, 4.69) is 126 Å². The third kappa shape index (κ3) is 3.79. The predicted molar refractivity (Wildman–Crippen MR) is 148 cm³/mol. The molecule has 6 rings (SSSR count). The van der Waals surface area contributed by atoms with E-state index < -0.39 is 0 Å². The van der Waals surface area contributed by atoms with E-state index in [-0.39, 0.29) is 0 Å². The molecule has 6 aromatic carbocycles. The Labute approximate surface area is 205 Å². The summed E-state index contributed by atoms with van der Waals surface area (Å²) in [4.78, 5) is 2.34. The van der Waals surface area contributed by atoms with Crippen molar-refractivity contribution in [2.24, 2.45) is 0 Å². The van der Waals surface area contributed by atoms with Crippen molar-refractivity contribution in [3.63, 3.8) is 0 Å². The minimum Gasteiger partial charge on any atom is -0.497 e. The number of fused-ring (bicyclic) bond motifs is 2. The number of rotatable bonds is 5. The Balaban J connectivity index is 1.70. The average Bonchev–Trinajstić information content (AvgIpc) is 2.94. The highest BCUT2D eigenvalue weighted by Gasteiger charge is 2.20. The van der Waals surface area contributed by atoms with Crippen LogP contribution < -0.4 is 9.64 Å². The number of para-hydroxylation sites is 1. The second kappa shape index (κ2) is 9.00. The topological polar surface area (TPSA) is 12.5 Å². The molecule has 0 bridgehead atoms. The quantitative estimate of drug-likeness (QED) is 0.259. The molecule has 2 heteroatoms. The molecule has 0 aliphatic heterocycles. The van der Waals surface area contributed by atoms with Gasteiger partial charge in [-0.2, -0.15) is 0 Å². The lowest BCUT2D eigenvalue weighted by Gasteiger charge is -2.29. The number of hydrogen-bond acceptors (Lipinski definition) is 2. The molecule has 0 N–H and O–H groups in total. The van der Waals surface area contributed by atoms with E-state index >= 15 is 0 Å². The second-order valence-electron chi connectivity index (χ2n) is 8.58. The molecular weight excluding hydrogens is 426 g/mol. The van der Waals surface area contributed by atoms with Crippen molar-refractivity contribution in [3.05, 3.63) is 133 Å². The Morgan fingerprint density at radius 3 is 1.83 bits per heavy atom. The van der Waals surface area contributed by atoms with Gasteiger partial charge in [-0.1, -0.05) is 91.0 Å². The van der Waals surface area contributed by atoms with Gasteiger partial charge in [0.15, 0.2) is 0 Å². The summed E-state index contributed by atoms with van der Waals surface area (Å²) in [5, 5.41) is 4.94. The zero-order chi connectivity index (χ0) is 23.6. The molecule has 168 valence electrons. The lowest BCUT2D eigenvalue weighted by molar-refractivity contribution is 0.415. The van der Waals surface area contributed by atoms with Crippen molar-refractivity contribution in [1.82, 2.24) is 0 Å². The van der Waals surface area contributed by atoms with Crippen LogP contribution in [0.15, 0.2) is 133 Å². The third-order valence-electron chi connectivity index (χ3n) is 6.55. The highest BCUT2D eigenvalue weighted by molar-refractivity contribution is 6.11. The number of methoxy groups -OCH3 is 1. The van der Waals surface area contributed by atoms with Crippen molar-refractivity contribution in [1.29, 1.82) is 0 Å². The molecule has 0 saturated carbocycles. The number of hydrogen-bond donors (Lipinski definition) is 0. The normalized spacial score (nSPS) is 11.0. The van der Waals surface area contributed by atoms with Gasteiger partial charge >= 0.3 is 0 Å². The Hall–Kier alpha value is -4.56. The van der Waals surface area contributed by atoms with Gasteiger partial charge in [-0.15, -0.1) is 0 Å². The SMILES string of the molecule is COc1ccc(N(c2ccccc2)c2ccc3ccccc3c2-c2cccc3ccccc23)cc1. The van der Waals surface area contributed by atoms with Crippen LogP contribution in [0.25, 0.3) is 32.7 Å². The first-order valence-corrected chi connectivity index (χ1v) is 11.8. The molecule has 0 aliphatic carbocycles. The Kier molecular flexibility index (Phi) is 5.40. The molecular formula is C33H25NO. The van der Waals surface area contributed by atoms with Crippen LogP contribution in [0.5, 0.6) is 5.75 Å². The molecule has 0 radical (unpaired) electrons. The van der Waals surface area contributed by atoms with Gasteiger partial charge in [0.1, 0.15) is 5.75 Å². The summed E-state index contributed by atoms with van der Waals surface area (Å²) in [5.41, 5.74) is 5.77. The first kappa shape index (κ1) is 21.0. The van der Waals surface area contributed by atoms with Gasteiger partial charge in [0.2, 0.25) is 0 Å².